The van der Waals surface area contributed by atoms with Gasteiger partial charge < -0.3 is 4.74 Å². The van der Waals surface area contributed by atoms with E-state index in [2.05, 4.69) is 0 Å². The van der Waals surface area contributed by atoms with Gasteiger partial charge >= 0.3 is 5.97 Å². The molecule has 1 aromatic carbocycles. The third-order valence-electron chi connectivity index (χ3n) is 2.50. The molecule has 0 amide bonds. The monoisotopic (exact) mass is 320 g/mol. The number of ether oxygens (including phenoxy) is 1. The van der Waals surface area contributed by atoms with Crippen LogP contribution in [0.5, 0.6) is 0 Å². The summed E-state index contributed by atoms with van der Waals surface area (Å²) in [6.45, 7) is 2.28. The summed E-state index contributed by atoms with van der Waals surface area (Å²) >= 11 is 13.8. The summed E-state index contributed by atoms with van der Waals surface area (Å²) in [5.41, 5.74) is 0. The molecule has 0 aliphatic rings. The van der Waals surface area contributed by atoms with E-state index in [9.17, 15) is 4.79 Å². The van der Waals surface area contributed by atoms with Gasteiger partial charge in [-0.25, -0.2) is 0 Å². The maximum atomic E-state index is 11.1. The molecule has 0 saturated heterocycles. The molecule has 0 N–H and O–H groups in total. The zero-order valence-electron chi connectivity index (χ0n) is 11.0. The fraction of sp³-hybridized carbons (Fsp3) is 0.500. The van der Waals surface area contributed by atoms with Crippen molar-refractivity contribution in [2.45, 2.75) is 37.5 Å². The number of carbonyl (C=O) groups excluding carboxylic acids is 1. The molecule has 0 heterocycles. The Labute approximate surface area is 128 Å². The predicted molar refractivity (Wildman–Crippen MR) is 82.3 cm³/mol. The van der Waals surface area contributed by atoms with Gasteiger partial charge in [-0.05, 0) is 37.7 Å². The molecular weight excluding hydrogens is 303 g/mol. The Hall–Kier alpha value is -0.380. The van der Waals surface area contributed by atoms with E-state index < -0.39 is 0 Å². The number of hydrogen-bond donors (Lipinski definition) is 0. The molecule has 5 heteroatoms. The minimum Gasteiger partial charge on any atom is -0.466 e. The molecule has 0 radical (unpaired) electrons. The first-order valence-electron chi connectivity index (χ1n) is 6.37. The normalized spacial score (nSPS) is 10.5. The minimum absolute atomic E-state index is 0.107. The summed E-state index contributed by atoms with van der Waals surface area (Å²) in [6.07, 6.45) is 3.42. The molecule has 0 fully saturated rings. The van der Waals surface area contributed by atoms with Crippen molar-refractivity contribution in [2.24, 2.45) is 0 Å². The topological polar surface area (TPSA) is 26.3 Å². The Morgan fingerprint density at radius 3 is 2.53 bits per heavy atom. The molecule has 0 spiro atoms. The Kier molecular flexibility index (Phi) is 8.35. The molecule has 0 unspecified atom stereocenters. The fourth-order valence-corrected chi connectivity index (χ4v) is 3.27. The second-order valence-electron chi connectivity index (χ2n) is 4.01. The molecule has 0 atom stereocenters. The third-order valence-corrected chi connectivity index (χ3v) is 4.57. The van der Waals surface area contributed by atoms with Crippen LogP contribution in [0.1, 0.15) is 32.6 Å². The molecule has 1 rings (SSSR count). The van der Waals surface area contributed by atoms with Gasteiger partial charge in [-0.2, -0.15) is 0 Å². The van der Waals surface area contributed by atoms with Crippen LogP contribution < -0.4 is 0 Å². The molecule has 106 valence electrons. The Balaban J connectivity index is 2.16. The fourth-order valence-electron chi connectivity index (χ4n) is 1.58. The molecule has 1 aromatic rings. The van der Waals surface area contributed by atoms with Gasteiger partial charge in [-0.1, -0.05) is 35.7 Å². The average Bonchev–Trinajstić information content (AvgIpc) is 2.36. The largest absolute Gasteiger partial charge is 0.466 e. The van der Waals surface area contributed by atoms with Gasteiger partial charge in [-0.15, -0.1) is 11.8 Å². The summed E-state index contributed by atoms with van der Waals surface area (Å²) in [5, 5.41) is 1.40. The van der Waals surface area contributed by atoms with E-state index in [1.165, 1.54) is 0 Å². The van der Waals surface area contributed by atoms with Crippen molar-refractivity contribution < 1.29 is 9.53 Å². The molecule has 0 aliphatic heterocycles. The molecule has 2 nitrogen and oxygen atoms in total. The number of benzene rings is 1. The van der Waals surface area contributed by atoms with Crippen molar-refractivity contribution in [1.82, 2.24) is 0 Å². The lowest BCUT2D eigenvalue weighted by Crippen LogP contribution is -2.03. The van der Waals surface area contributed by atoms with Crippen LogP contribution in [0.2, 0.25) is 10.0 Å². The SMILES string of the molecule is CCOC(=O)CCCCCSc1c(Cl)cccc1Cl. The van der Waals surface area contributed by atoms with E-state index in [0.29, 0.717) is 23.1 Å². The Morgan fingerprint density at radius 2 is 1.89 bits per heavy atom. The van der Waals surface area contributed by atoms with Gasteiger partial charge in [-0.3, -0.25) is 4.79 Å². The zero-order valence-corrected chi connectivity index (χ0v) is 13.3. The van der Waals surface area contributed by atoms with Crippen LogP contribution in [0.15, 0.2) is 23.1 Å². The molecule has 0 aliphatic carbocycles. The number of rotatable bonds is 8. The van der Waals surface area contributed by atoms with E-state index in [0.717, 1.165) is 29.9 Å². The van der Waals surface area contributed by atoms with Gasteiger partial charge in [0.1, 0.15) is 0 Å². The average molecular weight is 321 g/mol. The molecule has 0 aromatic heterocycles. The van der Waals surface area contributed by atoms with Crippen LogP contribution in [0.4, 0.5) is 0 Å². The first-order valence-corrected chi connectivity index (χ1v) is 8.11. The van der Waals surface area contributed by atoms with E-state index in [-0.39, 0.29) is 5.97 Å². The van der Waals surface area contributed by atoms with Gasteiger partial charge in [0, 0.05) is 11.3 Å². The molecule has 0 saturated carbocycles. The second kappa shape index (κ2) is 9.51. The molecular formula is C14H18Cl2O2S. The summed E-state index contributed by atoms with van der Waals surface area (Å²) in [5.74, 6) is 0.844. The molecule has 19 heavy (non-hydrogen) atoms. The Bertz CT molecular complexity index is 390. The first kappa shape index (κ1) is 16.7. The smallest absolute Gasteiger partial charge is 0.305 e. The predicted octanol–water partition coefficient (Wildman–Crippen LogP) is 5.21. The number of hydrogen-bond acceptors (Lipinski definition) is 3. The number of halogens is 2. The highest BCUT2D eigenvalue weighted by Crippen LogP contribution is 2.34. The summed E-state index contributed by atoms with van der Waals surface area (Å²) in [4.78, 5) is 12.1. The van der Waals surface area contributed by atoms with E-state index in [1.807, 2.05) is 25.1 Å². The van der Waals surface area contributed by atoms with Crippen molar-refractivity contribution >= 4 is 40.9 Å². The van der Waals surface area contributed by atoms with Crippen LogP contribution in [0.3, 0.4) is 0 Å². The van der Waals surface area contributed by atoms with Crippen molar-refractivity contribution in [1.29, 1.82) is 0 Å². The number of unbranched alkanes of at least 4 members (excludes halogenated alkanes) is 2. The van der Waals surface area contributed by atoms with E-state index in [1.54, 1.807) is 11.8 Å². The third kappa shape index (κ3) is 6.55. The lowest BCUT2D eigenvalue weighted by atomic mass is 10.2. The maximum absolute atomic E-state index is 11.1. The highest BCUT2D eigenvalue weighted by Gasteiger charge is 2.06. The lowest BCUT2D eigenvalue weighted by molar-refractivity contribution is -0.143. The highest BCUT2D eigenvalue weighted by atomic mass is 35.5. The Morgan fingerprint density at radius 1 is 1.21 bits per heavy atom. The molecule has 0 bridgehead atoms. The van der Waals surface area contributed by atoms with Crippen molar-refractivity contribution in [3.05, 3.63) is 28.2 Å². The van der Waals surface area contributed by atoms with Crippen molar-refractivity contribution in [2.75, 3.05) is 12.4 Å². The van der Waals surface area contributed by atoms with Crippen LogP contribution in [0.25, 0.3) is 0 Å². The lowest BCUT2D eigenvalue weighted by Gasteiger charge is -2.06. The van der Waals surface area contributed by atoms with E-state index in [4.69, 9.17) is 27.9 Å². The number of thioether (sulfide) groups is 1. The summed E-state index contributed by atoms with van der Waals surface area (Å²) in [7, 11) is 0. The zero-order chi connectivity index (χ0) is 14.1. The summed E-state index contributed by atoms with van der Waals surface area (Å²) < 4.78 is 4.87. The quantitative estimate of drug-likeness (QED) is 0.373. The number of carbonyl (C=O) groups is 1. The second-order valence-corrected chi connectivity index (χ2v) is 5.93. The van der Waals surface area contributed by atoms with Crippen LogP contribution in [-0.4, -0.2) is 18.3 Å². The highest BCUT2D eigenvalue weighted by molar-refractivity contribution is 7.99. The number of esters is 1. The van der Waals surface area contributed by atoms with Gasteiger partial charge in [0.15, 0.2) is 0 Å². The van der Waals surface area contributed by atoms with E-state index >= 15 is 0 Å². The minimum atomic E-state index is -0.107. The summed E-state index contributed by atoms with van der Waals surface area (Å²) in [6, 6.07) is 5.53. The van der Waals surface area contributed by atoms with Gasteiger partial charge in [0.05, 0.1) is 16.7 Å². The standard InChI is InChI=1S/C14H18Cl2O2S/c1-2-18-13(17)9-4-3-5-10-19-14-11(15)7-6-8-12(14)16/h6-8H,2-5,9-10H2,1H3. The van der Waals surface area contributed by atoms with Gasteiger partial charge in [0.25, 0.3) is 0 Å². The van der Waals surface area contributed by atoms with Crippen molar-refractivity contribution in [3.8, 4) is 0 Å². The van der Waals surface area contributed by atoms with Crippen molar-refractivity contribution in [3.63, 3.8) is 0 Å². The van der Waals surface area contributed by atoms with Gasteiger partial charge in [0.2, 0.25) is 0 Å². The maximum Gasteiger partial charge on any atom is 0.305 e. The van der Waals surface area contributed by atoms with Crippen LogP contribution in [0, 0.1) is 0 Å². The van der Waals surface area contributed by atoms with Crippen LogP contribution >= 0.6 is 35.0 Å². The van der Waals surface area contributed by atoms with Crippen LogP contribution in [-0.2, 0) is 9.53 Å². The first-order chi connectivity index (χ1) is 9.15.